The summed E-state index contributed by atoms with van der Waals surface area (Å²) in [5.74, 6) is 0.160. The molecule has 0 radical (unpaired) electrons. The number of sulfonamides is 1. The summed E-state index contributed by atoms with van der Waals surface area (Å²) in [4.78, 5) is 13.5. The van der Waals surface area contributed by atoms with Crippen LogP contribution >= 0.6 is 0 Å². The van der Waals surface area contributed by atoms with Gasteiger partial charge in [0.25, 0.3) is 10.0 Å². The van der Waals surface area contributed by atoms with E-state index in [4.69, 9.17) is 9.47 Å². The molecule has 1 aromatic rings. The van der Waals surface area contributed by atoms with Crippen LogP contribution in [0.3, 0.4) is 0 Å². The highest BCUT2D eigenvalue weighted by molar-refractivity contribution is 7.89. The molecule has 0 aliphatic carbocycles. The SMILES string of the molecule is CC(C)C(=O)NNS(=O)(=O)c1ccc2c(c1)OCCCO2. The fourth-order valence-electron chi connectivity index (χ4n) is 1.63. The molecule has 1 aliphatic heterocycles. The number of hydrazine groups is 1. The number of carbonyl (C=O) groups excluding carboxylic acids is 1. The molecule has 7 nitrogen and oxygen atoms in total. The average Bonchev–Trinajstić information content (AvgIpc) is 2.69. The highest BCUT2D eigenvalue weighted by atomic mass is 32.2. The van der Waals surface area contributed by atoms with Gasteiger partial charge in [-0.1, -0.05) is 13.8 Å². The third-order valence-electron chi connectivity index (χ3n) is 2.86. The Morgan fingerprint density at radius 2 is 1.86 bits per heavy atom. The molecule has 0 saturated heterocycles. The molecule has 1 aliphatic rings. The maximum absolute atomic E-state index is 12.1. The zero-order valence-electron chi connectivity index (χ0n) is 11.9. The molecule has 0 spiro atoms. The molecule has 1 amide bonds. The second kappa shape index (κ2) is 6.31. The molecule has 0 atom stereocenters. The van der Waals surface area contributed by atoms with Crippen molar-refractivity contribution < 1.29 is 22.7 Å². The monoisotopic (exact) mass is 314 g/mol. The minimum absolute atomic E-state index is 0.00388. The molecular weight excluding hydrogens is 296 g/mol. The van der Waals surface area contributed by atoms with Gasteiger partial charge < -0.3 is 9.47 Å². The Bertz CT molecular complexity index is 627. The van der Waals surface area contributed by atoms with Crippen LogP contribution in [0.15, 0.2) is 23.1 Å². The summed E-state index contributed by atoms with van der Waals surface area (Å²) in [6, 6.07) is 4.32. The highest BCUT2D eigenvalue weighted by Gasteiger charge is 2.19. The van der Waals surface area contributed by atoms with Crippen LogP contribution in [0.5, 0.6) is 11.5 Å². The lowest BCUT2D eigenvalue weighted by Gasteiger charge is -2.12. The Morgan fingerprint density at radius 3 is 2.52 bits per heavy atom. The summed E-state index contributed by atoms with van der Waals surface area (Å²) in [6.07, 6.45) is 0.736. The Hall–Kier alpha value is -1.80. The van der Waals surface area contributed by atoms with E-state index in [-0.39, 0.29) is 10.8 Å². The normalized spacial score (nSPS) is 14.6. The van der Waals surface area contributed by atoms with Crippen molar-refractivity contribution in [3.05, 3.63) is 18.2 Å². The average molecular weight is 314 g/mol. The molecule has 116 valence electrons. The van der Waals surface area contributed by atoms with Crippen molar-refractivity contribution in [2.75, 3.05) is 13.2 Å². The lowest BCUT2D eigenvalue weighted by Crippen LogP contribution is -2.43. The van der Waals surface area contributed by atoms with Crippen molar-refractivity contribution in [1.82, 2.24) is 10.3 Å². The van der Waals surface area contributed by atoms with Gasteiger partial charge in [-0.3, -0.25) is 10.2 Å². The van der Waals surface area contributed by atoms with E-state index < -0.39 is 15.9 Å². The van der Waals surface area contributed by atoms with Gasteiger partial charge in [0, 0.05) is 18.4 Å². The van der Waals surface area contributed by atoms with Crippen molar-refractivity contribution in [2.24, 2.45) is 5.92 Å². The summed E-state index contributed by atoms with van der Waals surface area (Å²) in [5, 5.41) is 0. The minimum atomic E-state index is -3.85. The summed E-state index contributed by atoms with van der Waals surface area (Å²) < 4.78 is 35.1. The molecule has 1 aromatic carbocycles. The first-order valence-electron chi connectivity index (χ1n) is 6.61. The summed E-state index contributed by atoms with van der Waals surface area (Å²) in [6.45, 7) is 4.32. The quantitative estimate of drug-likeness (QED) is 0.802. The molecule has 21 heavy (non-hydrogen) atoms. The van der Waals surface area contributed by atoms with Crippen molar-refractivity contribution in [3.8, 4) is 11.5 Å². The first-order chi connectivity index (χ1) is 9.90. The molecule has 0 unspecified atom stereocenters. The summed E-state index contributed by atoms with van der Waals surface area (Å²) in [5.41, 5.74) is 2.16. The van der Waals surface area contributed by atoms with Crippen LogP contribution in [-0.2, 0) is 14.8 Å². The lowest BCUT2D eigenvalue weighted by molar-refractivity contribution is -0.124. The van der Waals surface area contributed by atoms with Gasteiger partial charge in [0.1, 0.15) is 0 Å². The summed E-state index contributed by atoms with van der Waals surface area (Å²) >= 11 is 0. The number of benzene rings is 1. The largest absolute Gasteiger partial charge is 0.490 e. The number of hydrogen-bond acceptors (Lipinski definition) is 5. The maximum Gasteiger partial charge on any atom is 0.257 e. The number of amides is 1. The second-order valence-corrected chi connectivity index (χ2v) is 6.59. The van der Waals surface area contributed by atoms with E-state index in [0.29, 0.717) is 24.7 Å². The smallest absolute Gasteiger partial charge is 0.257 e. The molecule has 0 bridgehead atoms. The predicted molar refractivity (Wildman–Crippen MR) is 75.4 cm³/mol. The number of fused-ring (bicyclic) bond motifs is 1. The van der Waals surface area contributed by atoms with Crippen LogP contribution in [0.4, 0.5) is 0 Å². The molecule has 2 rings (SSSR count). The van der Waals surface area contributed by atoms with E-state index in [1.54, 1.807) is 19.9 Å². The zero-order chi connectivity index (χ0) is 15.5. The number of ether oxygens (including phenoxy) is 2. The Kier molecular flexibility index (Phi) is 4.69. The Balaban J connectivity index is 2.17. The molecule has 0 fully saturated rings. The van der Waals surface area contributed by atoms with Gasteiger partial charge in [0.05, 0.1) is 18.1 Å². The number of rotatable bonds is 4. The van der Waals surface area contributed by atoms with Gasteiger partial charge in [-0.2, -0.15) is 0 Å². The maximum atomic E-state index is 12.1. The molecule has 0 aromatic heterocycles. The Morgan fingerprint density at radius 1 is 1.19 bits per heavy atom. The van der Waals surface area contributed by atoms with Gasteiger partial charge in [0.2, 0.25) is 5.91 Å². The van der Waals surface area contributed by atoms with Gasteiger partial charge in [-0.25, -0.2) is 8.42 Å². The topological polar surface area (TPSA) is 93.7 Å². The predicted octanol–water partition coefficient (Wildman–Crippen LogP) is 0.813. The van der Waals surface area contributed by atoms with Crippen molar-refractivity contribution in [3.63, 3.8) is 0 Å². The number of nitrogens with one attached hydrogen (secondary N) is 2. The van der Waals surface area contributed by atoms with Crippen LogP contribution < -0.4 is 19.7 Å². The lowest BCUT2D eigenvalue weighted by atomic mass is 10.2. The highest BCUT2D eigenvalue weighted by Crippen LogP contribution is 2.31. The zero-order valence-corrected chi connectivity index (χ0v) is 12.7. The van der Waals surface area contributed by atoms with Crippen molar-refractivity contribution in [2.45, 2.75) is 25.2 Å². The van der Waals surface area contributed by atoms with Crippen LogP contribution in [0.25, 0.3) is 0 Å². The van der Waals surface area contributed by atoms with Gasteiger partial charge >= 0.3 is 0 Å². The van der Waals surface area contributed by atoms with E-state index in [9.17, 15) is 13.2 Å². The van der Waals surface area contributed by atoms with Gasteiger partial charge in [-0.15, -0.1) is 4.83 Å². The van der Waals surface area contributed by atoms with E-state index in [2.05, 4.69) is 10.3 Å². The van der Waals surface area contributed by atoms with E-state index >= 15 is 0 Å². The fraction of sp³-hybridized carbons (Fsp3) is 0.462. The number of hydrogen-bond donors (Lipinski definition) is 2. The van der Waals surface area contributed by atoms with E-state index in [1.807, 2.05) is 0 Å². The third kappa shape index (κ3) is 3.85. The van der Waals surface area contributed by atoms with E-state index in [1.165, 1.54) is 12.1 Å². The first-order valence-corrected chi connectivity index (χ1v) is 8.10. The van der Waals surface area contributed by atoms with Crippen LogP contribution in [0.1, 0.15) is 20.3 Å². The standard InChI is InChI=1S/C13H18N2O5S/c1-9(2)13(16)14-15-21(17,18)10-4-5-11-12(8-10)20-7-3-6-19-11/h4-5,8-9,15H,3,6-7H2,1-2H3,(H,14,16). The molecule has 1 heterocycles. The van der Waals surface area contributed by atoms with Crippen LogP contribution in [-0.4, -0.2) is 27.5 Å². The molecular formula is C13H18N2O5S. The molecule has 0 saturated carbocycles. The first kappa shape index (κ1) is 15.6. The fourth-order valence-corrected chi connectivity index (χ4v) is 2.49. The number of carbonyl (C=O) groups is 1. The summed E-state index contributed by atoms with van der Waals surface area (Å²) in [7, 11) is -3.85. The minimum Gasteiger partial charge on any atom is -0.490 e. The molecule has 8 heteroatoms. The van der Waals surface area contributed by atoms with E-state index in [0.717, 1.165) is 6.42 Å². The second-order valence-electron chi connectivity index (χ2n) is 4.91. The van der Waals surface area contributed by atoms with Crippen molar-refractivity contribution in [1.29, 1.82) is 0 Å². The van der Waals surface area contributed by atoms with Gasteiger partial charge in [-0.05, 0) is 12.1 Å². The molecule has 2 N–H and O–H groups in total. The van der Waals surface area contributed by atoms with Crippen molar-refractivity contribution >= 4 is 15.9 Å². The van der Waals surface area contributed by atoms with Gasteiger partial charge in [0.15, 0.2) is 11.5 Å². The Labute approximate surface area is 123 Å². The van der Waals surface area contributed by atoms with Crippen LogP contribution in [0.2, 0.25) is 0 Å². The van der Waals surface area contributed by atoms with Crippen LogP contribution in [0, 0.1) is 5.92 Å². The third-order valence-corrected chi connectivity index (χ3v) is 4.11.